The van der Waals surface area contributed by atoms with Crippen molar-refractivity contribution in [3.63, 3.8) is 0 Å². The third kappa shape index (κ3) is 6.97. The molecule has 0 bridgehead atoms. The van der Waals surface area contributed by atoms with Crippen molar-refractivity contribution >= 4 is 16.2 Å². The number of carbonyl (C=O) groups is 1. The highest BCUT2D eigenvalue weighted by Crippen LogP contribution is 3.02. The highest BCUT2D eigenvalue weighted by Gasteiger charge is 2.65. The molecule has 0 heterocycles. The molecule has 0 radical (unpaired) electrons. The molecule has 0 aromatic heterocycles. The molecular weight excluding hydrogens is 387 g/mol. The minimum absolute atomic E-state index is 0.146. The predicted molar refractivity (Wildman–Crippen MR) is 97.7 cm³/mol. The van der Waals surface area contributed by atoms with Gasteiger partial charge in [-0.15, -0.1) is 0 Å². The lowest BCUT2D eigenvalue weighted by atomic mass is 9.80. The van der Waals surface area contributed by atoms with Crippen LogP contribution in [-0.2, 0) is 4.79 Å². The molecule has 1 saturated carbocycles. The van der Waals surface area contributed by atoms with Gasteiger partial charge in [0.2, 0.25) is 0 Å². The van der Waals surface area contributed by atoms with Crippen LogP contribution >= 0.6 is 10.2 Å². The third-order valence-electron chi connectivity index (χ3n) is 5.13. The summed E-state index contributed by atoms with van der Waals surface area (Å²) in [6.07, 6.45) is 9.30. The summed E-state index contributed by atoms with van der Waals surface area (Å²) < 4.78 is 68.6. The zero-order valence-electron chi connectivity index (χ0n) is 15.4. The van der Waals surface area contributed by atoms with Crippen LogP contribution in [0.15, 0.2) is 29.2 Å². The summed E-state index contributed by atoms with van der Waals surface area (Å²) in [4.78, 5) is 10.2. The summed E-state index contributed by atoms with van der Waals surface area (Å²) in [5, 5.41) is 0. The molecule has 1 aromatic carbocycles. The van der Waals surface area contributed by atoms with Gasteiger partial charge in [-0.1, -0.05) is 58.5 Å². The summed E-state index contributed by atoms with van der Waals surface area (Å²) in [5.74, 6) is -0.318. The second kappa shape index (κ2) is 7.60. The molecule has 0 N–H and O–H groups in total. The smallest absolute Gasteiger partial charge is 0.314 e. The van der Waals surface area contributed by atoms with E-state index in [-0.39, 0.29) is 23.8 Å². The van der Waals surface area contributed by atoms with E-state index >= 15 is 0 Å². The van der Waals surface area contributed by atoms with E-state index in [4.69, 9.17) is 4.74 Å². The van der Waals surface area contributed by atoms with E-state index in [0.717, 1.165) is 31.4 Å². The number of benzene rings is 1. The van der Waals surface area contributed by atoms with Gasteiger partial charge in [-0.3, -0.25) is 4.79 Å². The van der Waals surface area contributed by atoms with Crippen molar-refractivity contribution in [3.8, 4) is 5.75 Å². The molecule has 156 valence electrons. The van der Waals surface area contributed by atoms with Crippen molar-refractivity contribution in [3.05, 3.63) is 24.3 Å². The maximum Gasteiger partial charge on any atom is 0.314 e. The van der Waals surface area contributed by atoms with Gasteiger partial charge in [0.15, 0.2) is 0 Å². The van der Waals surface area contributed by atoms with Crippen LogP contribution in [0.25, 0.3) is 0 Å². The van der Waals surface area contributed by atoms with Crippen LogP contribution < -0.4 is 4.74 Å². The van der Waals surface area contributed by atoms with Gasteiger partial charge in [-0.2, -0.15) is 0 Å². The Morgan fingerprint density at radius 1 is 0.963 bits per heavy atom. The Labute approximate surface area is 157 Å². The van der Waals surface area contributed by atoms with Gasteiger partial charge in [0.1, 0.15) is 10.6 Å². The van der Waals surface area contributed by atoms with Crippen LogP contribution in [0.4, 0.5) is 19.4 Å². The summed E-state index contributed by atoms with van der Waals surface area (Å²) in [6.45, 7) is 2.17. The first kappa shape index (κ1) is 22.0. The zero-order chi connectivity index (χ0) is 20.2. The minimum Gasteiger partial charge on any atom is -0.426 e. The van der Waals surface area contributed by atoms with Crippen molar-refractivity contribution in [1.29, 1.82) is 0 Å². The molecule has 2 rings (SSSR count). The molecule has 0 amide bonds. The molecule has 2 nitrogen and oxygen atoms in total. The average molecular weight is 414 g/mol. The van der Waals surface area contributed by atoms with E-state index in [1.165, 1.54) is 25.7 Å². The fourth-order valence-corrected chi connectivity index (χ4v) is 4.16. The number of unbranched alkanes of at least 4 members (excludes halogenated alkanes) is 3. The van der Waals surface area contributed by atoms with E-state index in [2.05, 4.69) is 6.92 Å². The molecule has 0 unspecified atom stereocenters. The molecule has 1 aromatic rings. The van der Waals surface area contributed by atoms with Crippen molar-refractivity contribution in [1.82, 2.24) is 0 Å². The molecule has 0 aliphatic heterocycles. The summed E-state index contributed by atoms with van der Waals surface area (Å²) in [7, 11) is -9.70. The molecule has 0 atom stereocenters. The highest BCUT2D eigenvalue weighted by molar-refractivity contribution is 8.45. The summed E-state index contributed by atoms with van der Waals surface area (Å²) in [6, 6.07) is 2.06. The van der Waals surface area contributed by atoms with Crippen molar-refractivity contribution < 1.29 is 29.0 Å². The molecule has 0 spiro atoms. The largest absolute Gasteiger partial charge is 0.426 e. The maximum absolute atomic E-state index is 12.7. The van der Waals surface area contributed by atoms with Crippen LogP contribution in [0.1, 0.15) is 64.7 Å². The van der Waals surface area contributed by atoms with Gasteiger partial charge < -0.3 is 4.74 Å². The molecule has 0 saturated heterocycles. The normalized spacial score (nSPS) is 23.3. The SMILES string of the molecule is CCCCCC[C@H]1CC[C@H](C(=O)Oc2ccc(S(F)(F)(F)(F)F)cc2)CC1. The zero-order valence-corrected chi connectivity index (χ0v) is 16.3. The molecule has 1 fully saturated rings. The van der Waals surface area contributed by atoms with E-state index in [9.17, 15) is 24.2 Å². The van der Waals surface area contributed by atoms with Gasteiger partial charge in [-0.05, 0) is 55.9 Å². The monoisotopic (exact) mass is 414 g/mol. The lowest BCUT2D eigenvalue weighted by Crippen LogP contribution is -2.25. The summed E-state index contributed by atoms with van der Waals surface area (Å²) >= 11 is 0. The molecule has 1 aliphatic rings. The predicted octanol–water partition coefficient (Wildman–Crippen LogP) is 8.03. The van der Waals surface area contributed by atoms with E-state index < -0.39 is 21.1 Å². The molecule has 8 heteroatoms. The number of hydrogen-bond acceptors (Lipinski definition) is 2. The first-order valence-electron chi connectivity index (χ1n) is 9.45. The molecular formula is C19H27F5O2S. The molecule has 1 aliphatic carbocycles. The van der Waals surface area contributed by atoms with Gasteiger partial charge in [-0.25, -0.2) is 0 Å². The van der Waals surface area contributed by atoms with E-state index in [0.29, 0.717) is 18.8 Å². The first-order valence-corrected chi connectivity index (χ1v) is 11.4. The van der Waals surface area contributed by atoms with E-state index in [1.54, 1.807) is 0 Å². The topological polar surface area (TPSA) is 26.3 Å². The Kier molecular flexibility index (Phi) is 6.19. The fraction of sp³-hybridized carbons (Fsp3) is 0.632. The van der Waals surface area contributed by atoms with Crippen molar-refractivity contribution in [2.75, 3.05) is 0 Å². The lowest BCUT2D eigenvalue weighted by Gasteiger charge is -2.40. The highest BCUT2D eigenvalue weighted by atomic mass is 32.5. The van der Waals surface area contributed by atoms with Crippen molar-refractivity contribution in [2.24, 2.45) is 11.8 Å². The van der Waals surface area contributed by atoms with Crippen LogP contribution in [0, 0.1) is 11.8 Å². The van der Waals surface area contributed by atoms with Gasteiger partial charge in [0, 0.05) is 0 Å². The second-order valence-electron chi connectivity index (χ2n) is 7.43. The number of carbonyl (C=O) groups excluding carboxylic acids is 1. The van der Waals surface area contributed by atoms with Gasteiger partial charge in [0.25, 0.3) is 0 Å². The summed E-state index contributed by atoms with van der Waals surface area (Å²) in [5.41, 5.74) is 0. The number of ether oxygens (including phenoxy) is 1. The molecule has 27 heavy (non-hydrogen) atoms. The Morgan fingerprint density at radius 2 is 1.56 bits per heavy atom. The Bertz CT molecular complexity index is 634. The minimum atomic E-state index is -9.70. The fourth-order valence-electron chi connectivity index (χ4n) is 3.51. The number of hydrogen-bond donors (Lipinski definition) is 0. The van der Waals surface area contributed by atoms with E-state index in [1.807, 2.05) is 0 Å². The number of esters is 1. The lowest BCUT2D eigenvalue weighted by molar-refractivity contribution is -0.140. The maximum atomic E-state index is 12.7. The Morgan fingerprint density at radius 3 is 2.07 bits per heavy atom. The third-order valence-corrected chi connectivity index (χ3v) is 6.30. The van der Waals surface area contributed by atoms with Crippen LogP contribution in [0.2, 0.25) is 0 Å². The van der Waals surface area contributed by atoms with Gasteiger partial charge >= 0.3 is 16.2 Å². The first-order chi connectivity index (χ1) is 12.4. The Hall–Kier alpha value is -1.31. The van der Waals surface area contributed by atoms with Crippen LogP contribution in [-0.4, -0.2) is 5.97 Å². The van der Waals surface area contributed by atoms with Crippen LogP contribution in [0.3, 0.4) is 0 Å². The average Bonchev–Trinajstić information content (AvgIpc) is 2.58. The second-order valence-corrected chi connectivity index (χ2v) is 9.84. The van der Waals surface area contributed by atoms with Gasteiger partial charge in [0.05, 0.1) is 5.92 Å². The Balaban J connectivity index is 1.83. The van der Waals surface area contributed by atoms with Crippen molar-refractivity contribution in [2.45, 2.75) is 69.6 Å². The standard InChI is InChI=1S/C19H27F5O2S/c1-2-3-4-5-6-15-7-9-16(10-8-15)19(25)26-17-11-13-18(14-12-17)27(20,21,22,23)24/h11-16H,2-10H2,1H3/t15-,16-. The number of halogens is 5. The quantitative estimate of drug-likeness (QED) is 0.186. The number of rotatable bonds is 8. The van der Waals surface area contributed by atoms with Crippen LogP contribution in [0.5, 0.6) is 5.75 Å².